The van der Waals surface area contributed by atoms with Crippen molar-refractivity contribution in [3.05, 3.63) is 24.2 Å². The van der Waals surface area contributed by atoms with E-state index in [4.69, 9.17) is 18.3 Å². The van der Waals surface area contributed by atoms with Crippen LogP contribution in [0, 0.1) is 17.2 Å². The van der Waals surface area contributed by atoms with Gasteiger partial charge in [-0.3, -0.25) is 4.68 Å². The maximum atomic E-state index is 9.65. The summed E-state index contributed by atoms with van der Waals surface area (Å²) >= 11 is 0. The van der Waals surface area contributed by atoms with Gasteiger partial charge in [-0.15, -0.1) is 5.10 Å². The van der Waals surface area contributed by atoms with Crippen LogP contribution in [0.4, 0.5) is 11.6 Å². The number of nitrogens with zero attached hydrogens (tertiary/aromatic N) is 6. The maximum absolute atomic E-state index is 9.65. The minimum absolute atomic E-state index is 0.0165. The summed E-state index contributed by atoms with van der Waals surface area (Å²) in [5.41, 5.74) is 1.40. The van der Waals surface area contributed by atoms with Crippen LogP contribution in [0.15, 0.2) is 18.5 Å². The molecule has 5 heterocycles. The van der Waals surface area contributed by atoms with Gasteiger partial charge in [-0.05, 0) is 13.0 Å². The van der Waals surface area contributed by atoms with E-state index in [1.165, 1.54) is 6.20 Å². The molecule has 0 amide bonds. The molecule has 0 spiro atoms. The van der Waals surface area contributed by atoms with Gasteiger partial charge in [0.1, 0.15) is 29.2 Å². The predicted molar refractivity (Wildman–Crippen MR) is 108 cm³/mol. The lowest BCUT2D eigenvalue weighted by Crippen LogP contribution is -2.46. The fourth-order valence-corrected chi connectivity index (χ4v) is 3.76. The molecule has 5 rings (SSSR count). The lowest BCUT2D eigenvalue weighted by Gasteiger charge is -2.33. The molecule has 2 aliphatic heterocycles. The van der Waals surface area contributed by atoms with Gasteiger partial charge >= 0.3 is 0 Å². The number of fused-ring (bicyclic) bond motifs is 1. The van der Waals surface area contributed by atoms with Crippen molar-refractivity contribution < 1.29 is 18.3 Å². The standard InChI is InChI=1S/C20H23N7O3/c1-11-8-28-9-16(11)27-14(5-21)4-13-6-22-20(24-18(13)27)23-15-7-26(3)25-19(15)30-17-10-29-12(17)2/h4,6-7,11-12,16-17H,8-10H2,1-3H3,(H,22,23,24)/t11-,12+,16-,17+/m0/s1/i3D3. The molecule has 1 N–H and O–H groups in total. The summed E-state index contributed by atoms with van der Waals surface area (Å²) in [6, 6.07) is 3.97. The van der Waals surface area contributed by atoms with Crippen molar-refractivity contribution in [3.63, 3.8) is 0 Å². The van der Waals surface area contributed by atoms with Gasteiger partial charge < -0.3 is 24.1 Å². The van der Waals surface area contributed by atoms with Gasteiger partial charge in [0.25, 0.3) is 5.88 Å². The molecule has 2 aliphatic rings. The lowest BCUT2D eigenvalue weighted by molar-refractivity contribution is -0.140. The fourth-order valence-electron chi connectivity index (χ4n) is 3.76. The molecule has 0 saturated carbocycles. The average molecular weight is 412 g/mol. The Kier molecular flexibility index (Phi) is 3.79. The summed E-state index contributed by atoms with van der Waals surface area (Å²) < 4.78 is 42.6. The van der Waals surface area contributed by atoms with Crippen molar-refractivity contribution in [2.45, 2.75) is 32.1 Å². The Morgan fingerprint density at radius 3 is 2.93 bits per heavy atom. The van der Waals surface area contributed by atoms with Gasteiger partial charge in [0.05, 0.1) is 38.2 Å². The largest absolute Gasteiger partial charge is 0.467 e. The van der Waals surface area contributed by atoms with Gasteiger partial charge in [-0.2, -0.15) is 10.2 Å². The van der Waals surface area contributed by atoms with Crippen molar-refractivity contribution in [2.24, 2.45) is 12.9 Å². The van der Waals surface area contributed by atoms with Crippen molar-refractivity contribution in [3.8, 4) is 11.9 Å². The summed E-state index contributed by atoms with van der Waals surface area (Å²) in [5, 5.41) is 17.5. The smallest absolute Gasteiger partial charge is 0.257 e. The second-order valence-corrected chi connectivity index (χ2v) is 7.68. The van der Waals surface area contributed by atoms with E-state index in [1.807, 2.05) is 11.5 Å². The number of hydrogen-bond acceptors (Lipinski definition) is 8. The minimum atomic E-state index is -2.47. The summed E-state index contributed by atoms with van der Waals surface area (Å²) in [5.74, 6) is 0.579. The van der Waals surface area contributed by atoms with E-state index in [9.17, 15) is 5.26 Å². The van der Waals surface area contributed by atoms with E-state index >= 15 is 0 Å². The van der Waals surface area contributed by atoms with Crippen LogP contribution in [0.25, 0.3) is 11.0 Å². The summed E-state index contributed by atoms with van der Waals surface area (Å²) in [4.78, 5) is 8.98. The Morgan fingerprint density at radius 1 is 1.37 bits per heavy atom. The number of aromatic nitrogens is 5. The van der Waals surface area contributed by atoms with Crippen LogP contribution in [0.2, 0.25) is 0 Å². The molecule has 3 aromatic rings. The zero-order chi connectivity index (χ0) is 23.3. The van der Waals surface area contributed by atoms with Crippen LogP contribution in [-0.2, 0) is 16.4 Å². The quantitative estimate of drug-likeness (QED) is 0.678. The minimum Gasteiger partial charge on any atom is -0.467 e. The van der Waals surface area contributed by atoms with E-state index in [-0.39, 0.29) is 36.0 Å². The SMILES string of the molecule is [2H]C([2H])([2H])n1cc(Nc2ncc3cc(C#N)n([C@H]4COC[C@@H]4C)c3n2)c(O[C@@H]2CO[C@@H]2C)n1. The van der Waals surface area contributed by atoms with Crippen LogP contribution < -0.4 is 10.1 Å². The molecule has 10 nitrogen and oxygen atoms in total. The molecular weight excluding hydrogens is 386 g/mol. The molecule has 0 radical (unpaired) electrons. The third-order valence-corrected chi connectivity index (χ3v) is 5.59. The monoisotopic (exact) mass is 412 g/mol. The number of nitriles is 1. The molecule has 2 saturated heterocycles. The van der Waals surface area contributed by atoms with E-state index in [0.29, 0.717) is 36.8 Å². The molecule has 0 unspecified atom stereocenters. The van der Waals surface area contributed by atoms with Crippen molar-refractivity contribution in [2.75, 3.05) is 25.1 Å². The van der Waals surface area contributed by atoms with Gasteiger partial charge in [-0.25, -0.2) is 4.98 Å². The Balaban J connectivity index is 1.51. The van der Waals surface area contributed by atoms with Crippen LogP contribution >= 0.6 is 0 Å². The summed E-state index contributed by atoms with van der Waals surface area (Å²) in [6.07, 6.45) is 2.62. The summed E-state index contributed by atoms with van der Waals surface area (Å²) in [7, 11) is 0. The Hall–Kier alpha value is -3.16. The van der Waals surface area contributed by atoms with E-state index < -0.39 is 6.98 Å². The van der Waals surface area contributed by atoms with Crippen LogP contribution in [0.3, 0.4) is 0 Å². The Labute approximate surface area is 177 Å². The average Bonchev–Trinajstić information content (AvgIpc) is 3.46. The van der Waals surface area contributed by atoms with Crippen molar-refractivity contribution in [1.29, 1.82) is 5.26 Å². The first-order valence-corrected chi connectivity index (χ1v) is 9.76. The fraction of sp³-hybridized carbons (Fsp3) is 0.500. The normalized spacial score (nSPS) is 27.7. The molecule has 30 heavy (non-hydrogen) atoms. The number of nitrogens with one attached hydrogen (secondary N) is 1. The number of aryl methyl sites for hydroxylation is 1. The molecule has 156 valence electrons. The maximum Gasteiger partial charge on any atom is 0.257 e. The first-order valence-electron chi connectivity index (χ1n) is 11.3. The van der Waals surface area contributed by atoms with Crippen molar-refractivity contribution >= 4 is 22.7 Å². The highest BCUT2D eigenvalue weighted by Gasteiger charge is 2.32. The van der Waals surface area contributed by atoms with Crippen LogP contribution in [0.5, 0.6) is 5.88 Å². The lowest BCUT2D eigenvalue weighted by atomic mass is 10.1. The number of ether oxygens (including phenoxy) is 3. The first-order chi connectivity index (χ1) is 15.7. The second-order valence-electron chi connectivity index (χ2n) is 7.68. The number of rotatable bonds is 5. The van der Waals surface area contributed by atoms with Gasteiger partial charge in [0.2, 0.25) is 5.95 Å². The highest BCUT2D eigenvalue weighted by atomic mass is 16.6. The third-order valence-electron chi connectivity index (χ3n) is 5.59. The second kappa shape index (κ2) is 7.27. The molecule has 0 aliphatic carbocycles. The molecule has 3 aromatic heterocycles. The van der Waals surface area contributed by atoms with E-state index in [1.54, 1.807) is 12.3 Å². The van der Waals surface area contributed by atoms with Crippen LogP contribution in [-0.4, -0.2) is 56.3 Å². The molecule has 0 aromatic carbocycles. The molecular formula is C20H23N7O3. The molecule has 2 fully saturated rings. The highest BCUT2D eigenvalue weighted by molar-refractivity contribution is 5.79. The highest BCUT2D eigenvalue weighted by Crippen LogP contribution is 2.33. The number of anilines is 2. The van der Waals surface area contributed by atoms with Gasteiger partial charge in [-0.1, -0.05) is 6.92 Å². The van der Waals surface area contributed by atoms with Gasteiger partial charge in [0, 0.05) is 28.6 Å². The van der Waals surface area contributed by atoms with E-state index in [2.05, 4.69) is 33.4 Å². The van der Waals surface area contributed by atoms with Gasteiger partial charge in [0.15, 0.2) is 0 Å². The van der Waals surface area contributed by atoms with E-state index in [0.717, 1.165) is 10.1 Å². The Bertz CT molecular complexity index is 1230. The number of hydrogen-bond donors (Lipinski definition) is 1. The molecule has 10 heteroatoms. The molecule has 0 bridgehead atoms. The molecule has 4 atom stereocenters. The zero-order valence-electron chi connectivity index (χ0n) is 19.6. The Morgan fingerprint density at radius 2 is 2.27 bits per heavy atom. The summed E-state index contributed by atoms with van der Waals surface area (Å²) in [6.45, 7) is 2.98. The first kappa shape index (κ1) is 15.6. The topological polar surface area (TPSA) is 112 Å². The zero-order valence-corrected chi connectivity index (χ0v) is 16.6. The third kappa shape index (κ3) is 3.16. The predicted octanol–water partition coefficient (Wildman–Crippen LogP) is 2.15. The van der Waals surface area contributed by atoms with Crippen LogP contribution in [0.1, 0.15) is 29.7 Å². The van der Waals surface area contributed by atoms with Crippen molar-refractivity contribution in [1.82, 2.24) is 24.3 Å².